The number of ketones is 2. The first-order valence-corrected chi connectivity index (χ1v) is 19.9. The number of aromatic nitrogens is 3. The maximum atomic E-state index is 15.8. The zero-order chi connectivity index (χ0) is 39.4. The van der Waals surface area contributed by atoms with Gasteiger partial charge in [0.05, 0.1) is 31.3 Å². The molecule has 0 saturated carbocycles. The van der Waals surface area contributed by atoms with Gasteiger partial charge in [0, 0.05) is 75.7 Å². The Kier molecular flexibility index (Phi) is 12.3. The van der Waals surface area contributed by atoms with Gasteiger partial charge in [-0.3, -0.25) is 18.9 Å². The van der Waals surface area contributed by atoms with Crippen molar-refractivity contribution in [1.29, 1.82) is 0 Å². The van der Waals surface area contributed by atoms with Gasteiger partial charge in [0.15, 0.2) is 17.9 Å². The molecule has 0 unspecified atom stereocenters. The Hall–Kier alpha value is -4.81. The average molecular weight is 793 g/mol. The summed E-state index contributed by atoms with van der Waals surface area (Å²) in [5, 5.41) is 0.825. The second-order valence-electron chi connectivity index (χ2n) is 13.1. The van der Waals surface area contributed by atoms with Gasteiger partial charge in [0.2, 0.25) is 5.91 Å². The van der Waals surface area contributed by atoms with Crippen molar-refractivity contribution >= 4 is 47.6 Å². The smallest absolute Gasteiger partial charge is 0.367 e. The topological polar surface area (TPSA) is 130 Å². The second-order valence-corrected chi connectivity index (χ2v) is 15.5. The van der Waals surface area contributed by atoms with Crippen LogP contribution in [0.3, 0.4) is 0 Å². The number of hydrogen-bond donors (Lipinski definition) is 0. The Balaban J connectivity index is 1.32. The number of fused-ring (bicyclic) bond motifs is 1. The van der Waals surface area contributed by atoms with Crippen LogP contribution in [0.15, 0.2) is 73.2 Å². The summed E-state index contributed by atoms with van der Waals surface area (Å²) in [6.45, 7) is 6.04. The molecule has 3 aromatic carbocycles. The maximum absolute atomic E-state index is 15.8. The van der Waals surface area contributed by atoms with Gasteiger partial charge in [-0.15, -0.1) is 0 Å². The highest BCUT2D eigenvalue weighted by Gasteiger charge is 2.40. The predicted octanol–water partition coefficient (Wildman–Crippen LogP) is 8.42. The quantitative estimate of drug-likeness (QED) is 0.0758. The summed E-state index contributed by atoms with van der Waals surface area (Å²) in [7, 11) is -3.67. The molecule has 2 atom stereocenters. The van der Waals surface area contributed by atoms with Gasteiger partial charge < -0.3 is 23.3 Å². The number of hydrogen-bond acceptors (Lipinski definition) is 9. The lowest BCUT2D eigenvalue weighted by atomic mass is 9.97. The van der Waals surface area contributed by atoms with Crippen molar-refractivity contribution in [3.63, 3.8) is 0 Å². The van der Waals surface area contributed by atoms with Crippen molar-refractivity contribution in [2.24, 2.45) is 0 Å². The van der Waals surface area contributed by atoms with E-state index in [4.69, 9.17) is 25.4 Å². The highest BCUT2D eigenvalue weighted by atomic mass is 35.5. The predicted molar refractivity (Wildman–Crippen MR) is 205 cm³/mol. The number of ether oxygens (including phenoxy) is 1. The normalized spacial score (nSPS) is 15.8. The van der Waals surface area contributed by atoms with Crippen LogP contribution in [0.2, 0.25) is 5.02 Å². The molecule has 0 radical (unpaired) electrons. The lowest BCUT2D eigenvalue weighted by Crippen LogP contribution is -2.42. The number of likely N-dealkylation sites (tertiary alicyclic amines) is 1. The number of aryl methyl sites for hydroxylation is 1. The molecule has 15 heteroatoms. The molecular formula is C40H40ClF2N4O7P. The molecule has 1 amide bonds. The third-order valence-corrected chi connectivity index (χ3v) is 11.4. The second kappa shape index (κ2) is 16.9. The number of alkyl halides is 1. The fourth-order valence-electron chi connectivity index (χ4n) is 6.77. The molecule has 11 nitrogen and oxygen atoms in total. The Morgan fingerprint density at radius 1 is 0.982 bits per heavy atom. The summed E-state index contributed by atoms with van der Waals surface area (Å²) < 4.78 is 62.6. The van der Waals surface area contributed by atoms with Crippen molar-refractivity contribution in [1.82, 2.24) is 19.4 Å². The van der Waals surface area contributed by atoms with Gasteiger partial charge in [-0.05, 0) is 45.4 Å². The first kappa shape index (κ1) is 39.9. The number of rotatable bonds is 15. The molecule has 1 aliphatic heterocycles. The first-order valence-electron chi connectivity index (χ1n) is 17.8. The van der Waals surface area contributed by atoms with Gasteiger partial charge in [0.25, 0.3) is 0 Å². The number of nitrogens with zero attached hydrogens (tertiary/aromatic N) is 4. The van der Waals surface area contributed by atoms with Crippen molar-refractivity contribution < 1.29 is 41.5 Å². The number of carbonyl (C=O) groups is 3. The van der Waals surface area contributed by atoms with Crippen LogP contribution < -0.4 is 4.74 Å². The SMILES string of the molecule is CCOP(=O)(COc1cc2c(cc1-c1cnc(C)nc1)c(C(C)=O)cn2CC(=O)N1C[C@H](F)C[C@H]1C(=O)Cc1cccc(-c2ccccc2Cl)c1F)OCC. The Morgan fingerprint density at radius 3 is 2.35 bits per heavy atom. The van der Waals surface area contributed by atoms with Crippen LogP contribution in [0, 0.1) is 12.7 Å². The molecule has 0 spiro atoms. The molecule has 288 valence electrons. The van der Waals surface area contributed by atoms with E-state index in [0.29, 0.717) is 44.0 Å². The molecule has 55 heavy (non-hydrogen) atoms. The highest BCUT2D eigenvalue weighted by Crippen LogP contribution is 2.49. The maximum Gasteiger partial charge on any atom is 0.367 e. The summed E-state index contributed by atoms with van der Waals surface area (Å²) in [6, 6.07) is 13.6. The van der Waals surface area contributed by atoms with Gasteiger partial charge >= 0.3 is 7.60 Å². The summed E-state index contributed by atoms with van der Waals surface area (Å²) in [5.74, 6) is -1.25. The van der Waals surface area contributed by atoms with Gasteiger partial charge in [-0.25, -0.2) is 18.7 Å². The molecule has 1 fully saturated rings. The highest BCUT2D eigenvalue weighted by molar-refractivity contribution is 7.53. The van der Waals surface area contributed by atoms with Gasteiger partial charge in [-0.2, -0.15) is 0 Å². The number of benzene rings is 3. The van der Waals surface area contributed by atoms with Crippen LogP contribution in [-0.2, 0) is 36.2 Å². The van der Waals surface area contributed by atoms with Crippen LogP contribution in [0.1, 0.15) is 48.9 Å². The molecule has 3 heterocycles. The molecule has 2 aromatic heterocycles. The zero-order valence-corrected chi connectivity index (χ0v) is 32.4. The minimum atomic E-state index is -3.67. The van der Waals surface area contributed by atoms with Gasteiger partial charge in [0.1, 0.15) is 30.1 Å². The molecular weight excluding hydrogens is 753 g/mol. The fraction of sp³-hybridized carbons (Fsp3) is 0.325. The van der Waals surface area contributed by atoms with E-state index in [0.717, 1.165) is 0 Å². The van der Waals surface area contributed by atoms with Crippen molar-refractivity contribution in [2.75, 3.05) is 26.1 Å². The molecule has 0 N–H and O–H groups in total. The Morgan fingerprint density at radius 2 is 1.67 bits per heavy atom. The lowest BCUT2D eigenvalue weighted by Gasteiger charge is -2.24. The molecule has 5 aromatic rings. The molecule has 1 aliphatic rings. The van der Waals surface area contributed by atoms with E-state index in [2.05, 4.69) is 9.97 Å². The fourth-order valence-corrected chi connectivity index (χ4v) is 8.32. The van der Waals surface area contributed by atoms with Crippen LogP contribution >= 0.6 is 19.2 Å². The largest absolute Gasteiger partial charge is 0.480 e. The van der Waals surface area contributed by atoms with Crippen LogP contribution in [0.4, 0.5) is 8.78 Å². The summed E-state index contributed by atoms with van der Waals surface area (Å²) in [6.07, 6.45) is 2.18. The first-order chi connectivity index (χ1) is 26.3. The minimum absolute atomic E-state index is 0.0974. The van der Waals surface area contributed by atoms with E-state index in [-0.39, 0.29) is 61.8 Å². The third kappa shape index (κ3) is 8.70. The lowest BCUT2D eigenvalue weighted by molar-refractivity contribution is -0.137. The third-order valence-electron chi connectivity index (χ3n) is 9.34. The van der Waals surface area contributed by atoms with Crippen LogP contribution in [0.5, 0.6) is 5.75 Å². The van der Waals surface area contributed by atoms with Crippen molar-refractivity contribution in [3.05, 3.63) is 101 Å². The minimum Gasteiger partial charge on any atom is -0.480 e. The van der Waals surface area contributed by atoms with Crippen LogP contribution in [0.25, 0.3) is 33.2 Å². The number of amides is 1. The monoisotopic (exact) mass is 792 g/mol. The van der Waals surface area contributed by atoms with E-state index in [1.54, 1.807) is 81.7 Å². The van der Waals surface area contributed by atoms with E-state index in [1.807, 2.05) is 0 Å². The summed E-state index contributed by atoms with van der Waals surface area (Å²) >= 11 is 6.32. The molecule has 0 aliphatic carbocycles. The van der Waals surface area contributed by atoms with E-state index in [1.165, 1.54) is 28.7 Å². The molecule has 1 saturated heterocycles. The van der Waals surface area contributed by atoms with Crippen molar-refractivity contribution in [2.45, 2.75) is 59.3 Å². The number of Topliss-reactive ketones (excluding diaryl/α,β-unsaturated/α-hetero) is 2. The standard InChI is InChI=1S/C40H40ClF2N4O7P/c1-5-53-55(51,54-6-2)23-52-38-17-35-32(16-31(38)27-18-44-25(4)45-19-27)33(24(3)48)21-46(35)22-39(50)47-20-28(42)15-36(47)37(49)14-26-10-9-12-30(40(26)43)29-11-7-8-13-34(29)41/h7-13,16-19,21,28,36H,5-6,14-15,20,22-23H2,1-4H3/t28-,36+/m1/s1. The summed E-state index contributed by atoms with van der Waals surface area (Å²) in [5.41, 5.74) is 2.51. The zero-order valence-electron chi connectivity index (χ0n) is 30.8. The molecule has 0 bridgehead atoms. The summed E-state index contributed by atoms with van der Waals surface area (Å²) in [4.78, 5) is 50.4. The Bertz CT molecular complexity index is 2290. The van der Waals surface area contributed by atoms with E-state index >= 15 is 8.78 Å². The van der Waals surface area contributed by atoms with Crippen LogP contribution in [-0.4, -0.2) is 75.2 Å². The van der Waals surface area contributed by atoms with E-state index in [9.17, 15) is 18.9 Å². The average Bonchev–Trinajstić information content (AvgIpc) is 3.72. The number of carbonyl (C=O) groups excluding carboxylic acids is 3. The van der Waals surface area contributed by atoms with Gasteiger partial charge in [-0.1, -0.05) is 48.0 Å². The van der Waals surface area contributed by atoms with Crippen molar-refractivity contribution in [3.8, 4) is 28.0 Å². The van der Waals surface area contributed by atoms with E-state index < -0.39 is 43.7 Å². The molecule has 6 rings (SSSR count). The Labute approximate surface area is 322 Å². The number of halogens is 3.